The fourth-order valence-corrected chi connectivity index (χ4v) is 2.28. The SMILES string of the molecule is CCCNCc1cn(C)nc1-c1cc(C)ccc1C. The van der Waals surface area contributed by atoms with E-state index in [-0.39, 0.29) is 0 Å². The van der Waals surface area contributed by atoms with Crippen LogP contribution in [0.15, 0.2) is 24.4 Å². The van der Waals surface area contributed by atoms with Crippen LogP contribution < -0.4 is 5.32 Å². The molecule has 0 spiro atoms. The first-order valence-electron chi connectivity index (χ1n) is 6.92. The number of nitrogens with zero attached hydrogens (tertiary/aromatic N) is 2. The van der Waals surface area contributed by atoms with Crippen LogP contribution in [0.25, 0.3) is 11.3 Å². The Morgan fingerprint density at radius 2 is 2.05 bits per heavy atom. The number of aryl methyl sites for hydroxylation is 3. The molecule has 1 aromatic carbocycles. The summed E-state index contributed by atoms with van der Waals surface area (Å²) in [6.45, 7) is 8.38. The molecule has 2 aromatic rings. The Labute approximate surface area is 115 Å². The number of hydrogen-bond acceptors (Lipinski definition) is 2. The lowest BCUT2D eigenvalue weighted by Crippen LogP contribution is -2.14. The topological polar surface area (TPSA) is 29.9 Å². The minimum atomic E-state index is 0.879. The average molecular weight is 257 g/mol. The molecule has 0 aliphatic heterocycles. The number of nitrogens with one attached hydrogen (secondary N) is 1. The minimum Gasteiger partial charge on any atom is -0.313 e. The van der Waals surface area contributed by atoms with Crippen molar-refractivity contribution >= 4 is 0 Å². The van der Waals surface area contributed by atoms with E-state index >= 15 is 0 Å². The Bertz CT molecular complexity index is 555. The van der Waals surface area contributed by atoms with E-state index in [0.29, 0.717) is 0 Å². The van der Waals surface area contributed by atoms with E-state index in [2.05, 4.69) is 55.6 Å². The van der Waals surface area contributed by atoms with Gasteiger partial charge in [-0.1, -0.05) is 24.6 Å². The molecule has 0 bridgehead atoms. The van der Waals surface area contributed by atoms with E-state index in [1.165, 1.54) is 22.3 Å². The molecule has 0 unspecified atom stereocenters. The van der Waals surface area contributed by atoms with Gasteiger partial charge in [-0.05, 0) is 38.4 Å². The molecule has 0 radical (unpaired) electrons. The molecule has 3 heteroatoms. The highest BCUT2D eigenvalue weighted by molar-refractivity contribution is 5.67. The molecule has 0 aliphatic carbocycles. The summed E-state index contributed by atoms with van der Waals surface area (Å²) in [5, 5.41) is 8.09. The van der Waals surface area contributed by atoms with Gasteiger partial charge in [0.15, 0.2) is 0 Å². The van der Waals surface area contributed by atoms with Gasteiger partial charge in [-0.2, -0.15) is 5.10 Å². The molecule has 1 aromatic heterocycles. The Kier molecular flexibility index (Phi) is 4.38. The maximum atomic E-state index is 4.64. The lowest BCUT2D eigenvalue weighted by atomic mass is 10.0. The van der Waals surface area contributed by atoms with Gasteiger partial charge < -0.3 is 5.32 Å². The van der Waals surface area contributed by atoms with Gasteiger partial charge in [0.25, 0.3) is 0 Å². The molecular weight excluding hydrogens is 234 g/mol. The van der Waals surface area contributed by atoms with Gasteiger partial charge in [0.2, 0.25) is 0 Å². The van der Waals surface area contributed by atoms with Crippen molar-refractivity contribution < 1.29 is 0 Å². The zero-order valence-electron chi connectivity index (χ0n) is 12.3. The van der Waals surface area contributed by atoms with Gasteiger partial charge in [-0.25, -0.2) is 0 Å². The zero-order chi connectivity index (χ0) is 13.8. The van der Waals surface area contributed by atoms with E-state index < -0.39 is 0 Å². The van der Waals surface area contributed by atoms with Gasteiger partial charge in [-0.3, -0.25) is 4.68 Å². The van der Waals surface area contributed by atoms with Crippen molar-refractivity contribution in [1.29, 1.82) is 0 Å². The molecule has 1 N–H and O–H groups in total. The summed E-state index contributed by atoms with van der Waals surface area (Å²) in [6.07, 6.45) is 3.26. The summed E-state index contributed by atoms with van der Waals surface area (Å²) in [5.74, 6) is 0. The second-order valence-corrected chi connectivity index (χ2v) is 5.17. The summed E-state index contributed by atoms with van der Waals surface area (Å²) in [7, 11) is 1.98. The first kappa shape index (κ1) is 13.8. The van der Waals surface area contributed by atoms with Crippen LogP contribution in [-0.2, 0) is 13.6 Å². The van der Waals surface area contributed by atoms with E-state index in [4.69, 9.17) is 0 Å². The number of aromatic nitrogens is 2. The minimum absolute atomic E-state index is 0.879. The molecule has 1 heterocycles. The molecule has 0 aliphatic rings. The maximum absolute atomic E-state index is 4.64. The fraction of sp³-hybridized carbons (Fsp3) is 0.438. The van der Waals surface area contributed by atoms with Crippen molar-refractivity contribution in [2.24, 2.45) is 7.05 Å². The summed E-state index contributed by atoms with van der Waals surface area (Å²) in [6, 6.07) is 6.54. The normalized spacial score (nSPS) is 10.9. The summed E-state index contributed by atoms with van der Waals surface area (Å²) < 4.78 is 1.90. The van der Waals surface area contributed by atoms with E-state index in [9.17, 15) is 0 Å². The fourth-order valence-electron chi connectivity index (χ4n) is 2.28. The first-order chi connectivity index (χ1) is 9.11. The Hall–Kier alpha value is -1.61. The second kappa shape index (κ2) is 6.02. The predicted molar refractivity (Wildman–Crippen MR) is 80.1 cm³/mol. The average Bonchev–Trinajstić information content (AvgIpc) is 2.74. The Morgan fingerprint density at radius 1 is 1.26 bits per heavy atom. The lowest BCUT2D eigenvalue weighted by Gasteiger charge is -2.08. The molecule has 19 heavy (non-hydrogen) atoms. The quantitative estimate of drug-likeness (QED) is 0.834. The molecule has 3 nitrogen and oxygen atoms in total. The lowest BCUT2D eigenvalue weighted by molar-refractivity contribution is 0.675. The van der Waals surface area contributed by atoms with Crippen LogP contribution in [0.1, 0.15) is 30.0 Å². The van der Waals surface area contributed by atoms with Crippen molar-refractivity contribution in [3.05, 3.63) is 41.1 Å². The summed E-state index contributed by atoms with van der Waals surface area (Å²) in [5.41, 5.74) is 6.17. The third-order valence-corrected chi connectivity index (χ3v) is 3.29. The van der Waals surface area contributed by atoms with Crippen LogP contribution in [0.4, 0.5) is 0 Å². The van der Waals surface area contributed by atoms with Crippen molar-refractivity contribution in [3.63, 3.8) is 0 Å². The highest BCUT2D eigenvalue weighted by atomic mass is 15.3. The first-order valence-corrected chi connectivity index (χ1v) is 6.92. The highest BCUT2D eigenvalue weighted by Crippen LogP contribution is 2.26. The summed E-state index contributed by atoms with van der Waals surface area (Å²) in [4.78, 5) is 0. The predicted octanol–water partition coefficient (Wildman–Crippen LogP) is 3.20. The molecule has 0 saturated heterocycles. The molecule has 0 saturated carbocycles. The van der Waals surface area contributed by atoms with Crippen LogP contribution in [0, 0.1) is 13.8 Å². The van der Waals surface area contributed by atoms with E-state index in [1.54, 1.807) is 0 Å². The van der Waals surface area contributed by atoms with E-state index in [0.717, 1.165) is 25.2 Å². The van der Waals surface area contributed by atoms with Gasteiger partial charge in [-0.15, -0.1) is 0 Å². The van der Waals surface area contributed by atoms with Crippen LogP contribution in [0.5, 0.6) is 0 Å². The second-order valence-electron chi connectivity index (χ2n) is 5.17. The number of benzene rings is 1. The molecule has 102 valence electrons. The van der Waals surface area contributed by atoms with Crippen molar-refractivity contribution in [2.45, 2.75) is 33.7 Å². The van der Waals surface area contributed by atoms with Gasteiger partial charge >= 0.3 is 0 Å². The van der Waals surface area contributed by atoms with Gasteiger partial charge in [0.05, 0.1) is 5.69 Å². The molecule has 0 fully saturated rings. The van der Waals surface area contributed by atoms with E-state index in [1.807, 2.05) is 11.7 Å². The Morgan fingerprint density at radius 3 is 2.79 bits per heavy atom. The van der Waals surface area contributed by atoms with Gasteiger partial charge in [0.1, 0.15) is 0 Å². The van der Waals surface area contributed by atoms with Crippen molar-refractivity contribution in [3.8, 4) is 11.3 Å². The monoisotopic (exact) mass is 257 g/mol. The molecular formula is C16H23N3. The van der Waals surface area contributed by atoms with Crippen LogP contribution in [0.3, 0.4) is 0 Å². The smallest absolute Gasteiger partial charge is 0.0970 e. The van der Waals surface area contributed by atoms with Gasteiger partial charge in [0, 0.05) is 30.9 Å². The van der Waals surface area contributed by atoms with Crippen molar-refractivity contribution in [1.82, 2.24) is 15.1 Å². The molecule has 0 atom stereocenters. The maximum Gasteiger partial charge on any atom is 0.0970 e. The third-order valence-electron chi connectivity index (χ3n) is 3.29. The highest BCUT2D eigenvalue weighted by Gasteiger charge is 2.12. The van der Waals surface area contributed by atoms with Crippen LogP contribution in [0.2, 0.25) is 0 Å². The number of rotatable bonds is 5. The summed E-state index contributed by atoms with van der Waals surface area (Å²) >= 11 is 0. The largest absolute Gasteiger partial charge is 0.313 e. The van der Waals surface area contributed by atoms with Crippen molar-refractivity contribution in [2.75, 3.05) is 6.54 Å². The van der Waals surface area contributed by atoms with Crippen LogP contribution in [-0.4, -0.2) is 16.3 Å². The zero-order valence-corrected chi connectivity index (χ0v) is 12.3. The number of hydrogen-bond donors (Lipinski definition) is 1. The molecule has 0 amide bonds. The van der Waals surface area contributed by atoms with Crippen LogP contribution >= 0.6 is 0 Å². The standard InChI is InChI=1S/C16H23N3/c1-5-8-17-10-14-11-19(4)18-16(14)15-9-12(2)6-7-13(15)3/h6-7,9,11,17H,5,8,10H2,1-4H3. The molecule has 2 rings (SSSR count). The third kappa shape index (κ3) is 3.24. The Balaban J connectivity index is 2.35.